The van der Waals surface area contributed by atoms with Gasteiger partial charge in [0.15, 0.2) is 0 Å². The van der Waals surface area contributed by atoms with Crippen LogP contribution in [0.25, 0.3) is 10.1 Å². The Morgan fingerprint density at radius 3 is 2.90 bits per heavy atom. The van der Waals surface area contributed by atoms with Crippen molar-refractivity contribution in [1.29, 1.82) is 0 Å². The average Bonchev–Trinajstić information content (AvgIpc) is 2.89. The van der Waals surface area contributed by atoms with Gasteiger partial charge in [0.1, 0.15) is 6.61 Å². The van der Waals surface area contributed by atoms with Crippen LogP contribution >= 0.6 is 11.3 Å². The second kappa shape index (κ2) is 5.43. The lowest BCUT2D eigenvalue weighted by molar-refractivity contribution is 0.0474. The van der Waals surface area contributed by atoms with E-state index < -0.39 is 0 Å². The summed E-state index contributed by atoms with van der Waals surface area (Å²) >= 11 is 1.66. The topological polar surface area (TPSA) is 39.2 Å². The standard InChI is InChI=1S/C16H13NO2S/c1-11-6-7-12(8-17-11)16(18)19-9-13-10-20-15-5-3-2-4-14(13)15/h2-8,10H,9H2,1H3. The van der Waals surface area contributed by atoms with Gasteiger partial charge in [0, 0.05) is 22.2 Å². The Morgan fingerprint density at radius 1 is 1.25 bits per heavy atom. The molecule has 0 spiro atoms. The Labute approximate surface area is 120 Å². The Hall–Kier alpha value is -2.20. The number of carbonyl (C=O) groups is 1. The van der Waals surface area contributed by atoms with Gasteiger partial charge in [-0.3, -0.25) is 4.98 Å². The molecule has 0 aliphatic heterocycles. The van der Waals surface area contributed by atoms with Crippen LogP contribution in [0.4, 0.5) is 0 Å². The number of rotatable bonds is 3. The van der Waals surface area contributed by atoms with E-state index in [0.717, 1.165) is 16.6 Å². The van der Waals surface area contributed by atoms with Gasteiger partial charge in [-0.1, -0.05) is 18.2 Å². The van der Waals surface area contributed by atoms with Crippen LogP contribution in [0.3, 0.4) is 0 Å². The normalized spacial score (nSPS) is 10.7. The van der Waals surface area contributed by atoms with Gasteiger partial charge in [-0.05, 0) is 35.9 Å². The van der Waals surface area contributed by atoms with E-state index in [1.54, 1.807) is 29.7 Å². The highest BCUT2D eigenvalue weighted by molar-refractivity contribution is 7.17. The molecule has 0 saturated carbocycles. The van der Waals surface area contributed by atoms with E-state index in [2.05, 4.69) is 11.1 Å². The summed E-state index contributed by atoms with van der Waals surface area (Å²) in [5, 5.41) is 3.18. The monoisotopic (exact) mass is 283 g/mol. The molecule has 0 saturated heterocycles. The molecular weight excluding hydrogens is 270 g/mol. The van der Waals surface area contributed by atoms with Crippen molar-refractivity contribution < 1.29 is 9.53 Å². The molecule has 0 radical (unpaired) electrons. The van der Waals surface area contributed by atoms with Crippen molar-refractivity contribution in [3.8, 4) is 0 Å². The Kier molecular flexibility index (Phi) is 3.48. The van der Waals surface area contributed by atoms with Crippen LogP contribution in [0, 0.1) is 6.92 Å². The van der Waals surface area contributed by atoms with Crippen molar-refractivity contribution in [2.24, 2.45) is 0 Å². The van der Waals surface area contributed by atoms with Gasteiger partial charge >= 0.3 is 5.97 Å². The average molecular weight is 283 g/mol. The van der Waals surface area contributed by atoms with E-state index in [4.69, 9.17) is 4.74 Å². The number of aryl methyl sites for hydroxylation is 1. The molecule has 1 aromatic carbocycles. The Bertz CT molecular complexity index is 747. The SMILES string of the molecule is Cc1ccc(C(=O)OCc2csc3ccccc23)cn1. The molecule has 0 aliphatic carbocycles. The lowest BCUT2D eigenvalue weighted by atomic mass is 10.2. The quantitative estimate of drug-likeness (QED) is 0.683. The fraction of sp³-hybridized carbons (Fsp3) is 0.125. The first kappa shape index (κ1) is 12.8. The molecule has 0 N–H and O–H groups in total. The molecule has 3 aromatic rings. The number of esters is 1. The number of fused-ring (bicyclic) bond motifs is 1. The van der Waals surface area contributed by atoms with Crippen LogP contribution in [-0.4, -0.2) is 11.0 Å². The van der Waals surface area contributed by atoms with Crippen LogP contribution < -0.4 is 0 Å². The number of benzene rings is 1. The zero-order chi connectivity index (χ0) is 13.9. The lowest BCUT2D eigenvalue weighted by Gasteiger charge is -2.04. The van der Waals surface area contributed by atoms with Gasteiger partial charge in [-0.2, -0.15) is 0 Å². The summed E-state index contributed by atoms with van der Waals surface area (Å²) in [5.41, 5.74) is 2.40. The summed E-state index contributed by atoms with van der Waals surface area (Å²) in [6.07, 6.45) is 1.55. The number of nitrogens with zero attached hydrogens (tertiary/aromatic N) is 1. The second-order valence-electron chi connectivity index (χ2n) is 4.52. The minimum Gasteiger partial charge on any atom is -0.457 e. The first-order valence-electron chi connectivity index (χ1n) is 6.29. The van der Waals surface area contributed by atoms with E-state index >= 15 is 0 Å². The molecule has 2 heterocycles. The number of ether oxygens (including phenoxy) is 1. The summed E-state index contributed by atoms with van der Waals surface area (Å²) in [6, 6.07) is 11.6. The molecule has 0 fully saturated rings. The molecule has 100 valence electrons. The molecule has 0 bridgehead atoms. The molecule has 20 heavy (non-hydrogen) atoms. The third kappa shape index (κ3) is 2.56. The first-order chi connectivity index (χ1) is 9.74. The van der Waals surface area contributed by atoms with Crippen molar-refractivity contribution in [2.45, 2.75) is 13.5 Å². The maximum absolute atomic E-state index is 11.9. The number of aromatic nitrogens is 1. The number of carbonyl (C=O) groups excluding carboxylic acids is 1. The van der Waals surface area contributed by atoms with Crippen molar-refractivity contribution in [2.75, 3.05) is 0 Å². The van der Waals surface area contributed by atoms with Crippen molar-refractivity contribution in [1.82, 2.24) is 4.98 Å². The van der Waals surface area contributed by atoms with Crippen LogP contribution in [-0.2, 0) is 11.3 Å². The third-order valence-electron chi connectivity index (χ3n) is 3.07. The fourth-order valence-electron chi connectivity index (χ4n) is 1.96. The summed E-state index contributed by atoms with van der Waals surface area (Å²) in [7, 11) is 0. The number of pyridine rings is 1. The smallest absolute Gasteiger partial charge is 0.340 e. The summed E-state index contributed by atoms with van der Waals surface area (Å²) in [5.74, 6) is -0.340. The number of hydrogen-bond acceptors (Lipinski definition) is 4. The van der Waals surface area contributed by atoms with Crippen LogP contribution in [0.15, 0.2) is 48.0 Å². The summed E-state index contributed by atoms with van der Waals surface area (Å²) < 4.78 is 6.55. The molecular formula is C16H13NO2S. The van der Waals surface area contributed by atoms with Gasteiger partial charge in [0.25, 0.3) is 0 Å². The summed E-state index contributed by atoms with van der Waals surface area (Å²) in [6.45, 7) is 2.17. The summed E-state index contributed by atoms with van der Waals surface area (Å²) in [4.78, 5) is 16.0. The largest absolute Gasteiger partial charge is 0.457 e. The molecule has 0 atom stereocenters. The van der Waals surface area contributed by atoms with Crippen molar-refractivity contribution >= 4 is 27.4 Å². The number of thiophene rings is 1. The van der Waals surface area contributed by atoms with E-state index in [-0.39, 0.29) is 12.6 Å². The van der Waals surface area contributed by atoms with Crippen LogP contribution in [0.2, 0.25) is 0 Å². The molecule has 2 aromatic heterocycles. The van der Waals surface area contributed by atoms with E-state index in [9.17, 15) is 4.79 Å². The highest BCUT2D eigenvalue weighted by Gasteiger charge is 2.09. The fourth-order valence-corrected chi connectivity index (χ4v) is 2.91. The second-order valence-corrected chi connectivity index (χ2v) is 5.43. The Balaban J connectivity index is 1.73. The zero-order valence-corrected chi connectivity index (χ0v) is 11.8. The number of hydrogen-bond donors (Lipinski definition) is 0. The van der Waals surface area contributed by atoms with Crippen LogP contribution in [0.5, 0.6) is 0 Å². The van der Waals surface area contributed by atoms with Crippen LogP contribution in [0.1, 0.15) is 21.6 Å². The highest BCUT2D eigenvalue weighted by atomic mass is 32.1. The Morgan fingerprint density at radius 2 is 2.10 bits per heavy atom. The lowest BCUT2D eigenvalue weighted by Crippen LogP contribution is -2.05. The predicted octanol–water partition coefficient (Wildman–Crippen LogP) is 3.96. The van der Waals surface area contributed by atoms with Crippen molar-refractivity contribution in [3.63, 3.8) is 0 Å². The molecule has 4 heteroatoms. The van der Waals surface area contributed by atoms with Crippen molar-refractivity contribution in [3.05, 3.63) is 64.8 Å². The molecule has 3 rings (SSSR count). The first-order valence-corrected chi connectivity index (χ1v) is 7.17. The van der Waals surface area contributed by atoms with Gasteiger partial charge in [0.2, 0.25) is 0 Å². The maximum Gasteiger partial charge on any atom is 0.340 e. The molecule has 0 amide bonds. The van der Waals surface area contributed by atoms with Gasteiger partial charge in [-0.15, -0.1) is 11.3 Å². The van der Waals surface area contributed by atoms with E-state index in [1.807, 2.05) is 30.5 Å². The van der Waals surface area contributed by atoms with E-state index in [1.165, 1.54) is 4.70 Å². The predicted molar refractivity (Wildman–Crippen MR) is 79.9 cm³/mol. The van der Waals surface area contributed by atoms with Gasteiger partial charge in [0.05, 0.1) is 5.56 Å². The zero-order valence-electron chi connectivity index (χ0n) is 11.0. The van der Waals surface area contributed by atoms with Gasteiger partial charge in [-0.25, -0.2) is 4.79 Å². The molecule has 0 unspecified atom stereocenters. The molecule has 3 nitrogen and oxygen atoms in total. The highest BCUT2D eigenvalue weighted by Crippen LogP contribution is 2.26. The minimum absolute atomic E-state index is 0.288. The maximum atomic E-state index is 11.9. The van der Waals surface area contributed by atoms with E-state index in [0.29, 0.717) is 5.56 Å². The molecule has 0 aliphatic rings. The van der Waals surface area contributed by atoms with Gasteiger partial charge < -0.3 is 4.74 Å². The third-order valence-corrected chi connectivity index (χ3v) is 4.08. The minimum atomic E-state index is -0.340.